The van der Waals surface area contributed by atoms with E-state index < -0.39 is 5.97 Å². The molecule has 6 nitrogen and oxygen atoms in total. The molecule has 8 heteroatoms. The van der Waals surface area contributed by atoms with Gasteiger partial charge in [-0.3, -0.25) is 4.79 Å². The highest BCUT2D eigenvalue weighted by atomic mass is 35.5. The number of hydrogen-bond acceptors (Lipinski definition) is 5. The number of amides is 1. The third-order valence-electron chi connectivity index (χ3n) is 4.33. The second-order valence-corrected chi connectivity index (χ2v) is 7.97. The fraction of sp³-hybridized carbons (Fsp3) is 0.0455. The number of rotatable bonds is 4. The van der Waals surface area contributed by atoms with Crippen LogP contribution in [0.3, 0.4) is 0 Å². The second-order valence-electron chi connectivity index (χ2n) is 6.50. The number of halogens is 1. The number of aromatic carboxylic acids is 1. The molecule has 0 unspecified atom stereocenters. The van der Waals surface area contributed by atoms with Gasteiger partial charge in [0.05, 0.1) is 16.2 Å². The number of aliphatic imine (C=N–C) groups is 1. The van der Waals surface area contributed by atoms with Crippen LogP contribution in [0, 0.1) is 6.92 Å². The number of carbonyl (C=O) groups is 2. The zero-order valence-electron chi connectivity index (χ0n) is 15.7. The molecule has 150 valence electrons. The highest BCUT2D eigenvalue weighted by molar-refractivity contribution is 8.18. The minimum absolute atomic E-state index is 0.218. The average molecular weight is 439 g/mol. The third kappa shape index (κ3) is 4.32. The summed E-state index contributed by atoms with van der Waals surface area (Å²) in [4.78, 5) is 28.2. The Morgan fingerprint density at radius 1 is 1.20 bits per heavy atom. The standard InChI is InChI=1S/C22H15ClN2O4S/c1-12-9-13(21(27)28)5-7-17(12)18-8-6-16(29-18)11-19-20(26)25-22(30-19)24-15-4-2-3-14(23)10-15/h2-11H,1H3,(H,27,28)(H,24,25,26)/b19-11-. The van der Waals surface area contributed by atoms with Crippen molar-refractivity contribution in [2.75, 3.05) is 0 Å². The summed E-state index contributed by atoms with van der Waals surface area (Å²) in [6.45, 7) is 1.82. The summed E-state index contributed by atoms with van der Waals surface area (Å²) < 4.78 is 5.86. The molecule has 4 rings (SSSR count). The molecular weight excluding hydrogens is 424 g/mol. The van der Waals surface area contributed by atoms with Crippen molar-refractivity contribution in [3.05, 3.63) is 81.4 Å². The van der Waals surface area contributed by atoms with Crippen LogP contribution in [0.15, 0.2) is 68.9 Å². The lowest BCUT2D eigenvalue weighted by molar-refractivity contribution is -0.115. The van der Waals surface area contributed by atoms with Crippen molar-refractivity contribution < 1.29 is 19.1 Å². The van der Waals surface area contributed by atoms with Crippen molar-refractivity contribution in [2.24, 2.45) is 4.99 Å². The van der Waals surface area contributed by atoms with Gasteiger partial charge in [-0.25, -0.2) is 9.79 Å². The van der Waals surface area contributed by atoms with Crippen LogP contribution in [-0.4, -0.2) is 22.2 Å². The van der Waals surface area contributed by atoms with Crippen LogP contribution < -0.4 is 5.32 Å². The number of amidine groups is 1. The number of nitrogens with one attached hydrogen (secondary N) is 1. The van der Waals surface area contributed by atoms with Gasteiger partial charge in [0, 0.05) is 16.7 Å². The normalized spacial score (nSPS) is 16.3. The molecule has 1 aliphatic rings. The molecule has 0 aliphatic carbocycles. The molecule has 30 heavy (non-hydrogen) atoms. The highest BCUT2D eigenvalue weighted by Gasteiger charge is 2.24. The maximum Gasteiger partial charge on any atom is 0.335 e. The van der Waals surface area contributed by atoms with Crippen LogP contribution in [0.1, 0.15) is 21.7 Å². The molecule has 2 heterocycles. The minimum Gasteiger partial charge on any atom is -0.478 e. The van der Waals surface area contributed by atoms with Gasteiger partial charge < -0.3 is 14.8 Å². The Kier molecular flexibility index (Phi) is 5.48. The molecule has 0 atom stereocenters. The van der Waals surface area contributed by atoms with Gasteiger partial charge in [-0.1, -0.05) is 23.7 Å². The first-order valence-corrected chi connectivity index (χ1v) is 10.1. The minimum atomic E-state index is -0.978. The first kappa shape index (κ1) is 20.0. The average Bonchev–Trinajstić information content (AvgIpc) is 3.28. The lowest BCUT2D eigenvalue weighted by Crippen LogP contribution is -2.19. The van der Waals surface area contributed by atoms with E-state index in [0.717, 1.165) is 11.1 Å². The Morgan fingerprint density at radius 3 is 2.77 bits per heavy atom. The van der Waals surface area contributed by atoms with Crippen molar-refractivity contribution in [3.63, 3.8) is 0 Å². The van der Waals surface area contributed by atoms with Crippen LogP contribution in [0.25, 0.3) is 17.4 Å². The number of aryl methyl sites for hydroxylation is 1. The van der Waals surface area contributed by atoms with Gasteiger partial charge in [-0.05, 0) is 66.7 Å². The molecule has 2 N–H and O–H groups in total. The molecule has 1 aromatic heterocycles. The number of carboxylic acid groups (broad SMARTS) is 1. The molecule has 1 fully saturated rings. The molecule has 2 aromatic carbocycles. The zero-order valence-corrected chi connectivity index (χ0v) is 17.3. The van der Waals surface area contributed by atoms with Gasteiger partial charge in [-0.2, -0.15) is 0 Å². The highest BCUT2D eigenvalue weighted by Crippen LogP contribution is 2.31. The van der Waals surface area contributed by atoms with E-state index in [2.05, 4.69) is 10.3 Å². The lowest BCUT2D eigenvalue weighted by Gasteiger charge is -2.04. The molecule has 0 saturated carbocycles. The van der Waals surface area contributed by atoms with E-state index >= 15 is 0 Å². The van der Waals surface area contributed by atoms with Gasteiger partial charge >= 0.3 is 5.97 Å². The molecular formula is C22H15ClN2O4S. The zero-order chi connectivity index (χ0) is 21.3. The van der Waals surface area contributed by atoms with Gasteiger partial charge in [0.25, 0.3) is 5.91 Å². The van der Waals surface area contributed by atoms with Crippen LogP contribution >= 0.6 is 23.4 Å². The third-order valence-corrected chi connectivity index (χ3v) is 5.47. The molecule has 1 aliphatic heterocycles. The van der Waals surface area contributed by atoms with E-state index in [4.69, 9.17) is 21.1 Å². The number of hydrogen-bond donors (Lipinski definition) is 2. The fourth-order valence-electron chi connectivity index (χ4n) is 2.92. The van der Waals surface area contributed by atoms with Gasteiger partial charge in [0.15, 0.2) is 5.17 Å². The molecule has 1 amide bonds. The molecule has 3 aromatic rings. The maximum atomic E-state index is 12.3. The Balaban J connectivity index is 1.56. The molecule has 0 spiro atoms. The van der Waals surface area contributed by atoms with Crippen LogP contribution in [0.2, 0.25) is 5.02 Å². The summed E-state index contributed by atoms with van der Waals surface area (Å²) >= 11 is 7.18. The number of furan rings is 1. The number of benzene rings is 2. The number of thioether (sulfide) groups is 1. The lowest BCUT2D eigenvalue weighted by atomic mass is 10.0. The van der Waals surface area contributed by atoms with E-state index in [0.29, 0.717) is 32.3 Å². The molecule has 1 saturated heterocycles. The quantitative estimate of drug-likeness (QED) is 0.525. The smallest absolute Gasteiger partial charge is 0.335 e. The summed E-state index contributed by atoms with van der Waals surface area (Å²) in [6, 6.07) is 15.4. The van der Waals surface area contributed by atoms with E-state index in [9.17, 15) is 9.59 Å². The summed E-state index contributed by atoms with van der Waals surface area (Å²) in [6.07, 6.45) is 1.64. The first-order chi connectivity index (χ1) is 14.4. The van der Waals surface area contributed by atoms with Gasteiger partial charge in [-0.15, -0.1) is 0 Å². The summed E-state index contributed by atoms with van der Waals surface area (Å²) in [5.74, 6) is -0.143. The predicted octanol–water partition coefficient (Wildman–Crippen LogP) is 5.50. The Hall–Kier alpha value is -3.29. The van der Waals surface area contributed by atoms with E-state index in [1.165, 1.54) is 17.8 Å². The van der Waals surface area contributed by atoms with Crippen LogP contribution in [0.5, 0.6) is 0 Å². The Bertz CT molecular complexity index is 1230. The van der Waals surface area contributed by atoms with Crippen molar-refractivity contribution in [1.29, 1.82) is 0 Å². The van der Waals surface area contributed by atoms with Crippen LogP contribution in [0.4, 0.5) is 5.69 Å². The second kappa shape index (κ2) is 8.22. The Morgan fingerprint density at radius 2 is 2.03 bits per heavy atom. The van der Waals surface area contributed by atoms with E-state index in [1.54, 1.807) is 54.6 Å². The number of carboxylic acids is 1. The topological polar surface area (TPSA) is 91.9 Å². The van der Waals surface area contributed by atoms with Crippen molar-refractivity contribution in [2.45, 2.75) is 6.92 Å². The van der Waals surface area contributed by atoms with Crippen molar-refractivity contribution in [3.8, 4) is 11.3 Å². The van der Waals surface area contributed by atoms with Crippen LogP contribution in [-0.2, 0) is 4.79 Å². The molecule has 0 bridgehead atoms. The molecule has 0 radical (unpaired) electrons. The van der Waals surface area contributed by atoms with Gasteiger partial charge in [0.2, 0.25) is 0 Å². The van der Waals surface area contributed by atoms with Crippen molar-refractivity contribution >= 4 is 52.2 Å². The van der Waals surface area contributed by atoms with E-state index in [1.807, 2.05) is 6.92 Å². The summed E-state index contributed by atoms with van der Waals surface area (Å²) in [5.41, 5.74) is 2.44. The Labute approximate surface area is 181 Å². The summed E-state index contributed by atoms with van der Waals surface area (Å²) in [7, 11) is 0. The maximum absolute atomic E-state index is 12.3. The predicted molar refractivity (Wildman–Crippen MR) is 118 cm³/mol. The first-order valence-electron chi connectivity index (χ1n) is 8.88. The monoisotopic (exact) mass is 438 g/mol. The fourth-order valence-corrected chi connectivity index (χ4v) is 3.93. The largest absolute Gasteiger partial charge is 0.478 e. The summed E-state index contributed by atoms with van der Waals surface area (Å²) in [5, 5.41) is 12.8. The SMILES string of the molecule is Cc1cc(C(=O)O)ccc1-c1ccc(/C=C2\SC(=Nc3cccc(Cl)c3)NC2=O)o1. The van der Waals surface area contributed by atoms with Crippen molar-refractivity contribution in [1.82, 2.24) is 5.32 Å². The number of carbonyl (C=O) groups excluding carboxylic acids is 1. The number of nitrogens with zero attached hydrogens (tertiary/aromatic N) is 1. The van der Waals surface area contributed by atoms with Gasteiger partial charge in [0.1, 0.15) is 11.5 Å². The van der Waals surface area contributed by atoms with E-state index in [-0.39, 0.29) is 11.5 Å².